The van der Waals surface area contributed by atoms with E-state index in [1.54, 1.807) is 0 Å². The average Bonchev–Trinajstić information content (AvgIpc) is 2.75. The first-order chi connectivity index (χ1) is 8.41. The van der Waals surface area contributed by atoms with Gasteiger partial charge in [0.05, 0.1) is 6.61 Å². The molecule has 1 aromatic rings. The molecule has 0 aliphatic carbocycles. The van der Waals surface area contributed by atoms with Crippen LogP contribution in [0.2, 0.25) is 0 Å². The van der Waals surface area contributed by atoms with Crippen LogP contribution in [-0.4, -0.2) is 43.9 Å². The van der Waals surface area contributed by atoms with Gasteiger partial charge in [-0.1, -0.05) is 0 Å². The average molecular weight is 337 g/mol. The number of ether oxygens (including phenoxy) is 1. The summed E-state index contributed by atoms with van der Waals surface area (Å²) in [4.78, 5) is 3.85. The summed E-state index contributed by atoms with van der Waals surface area (Å²) >= 11 is 3.16. The van der Waals surface area contributed by atoms with Crippen LogP contribution in [0.15, 0.2) is 27.8 Å². The van der Waals surface area contributed by atoms with Crippen molar-refractivity contribution in [2.24, 2.45) is 0 Å². The minimum absolute atomic E-state index is 0.0550. The van der Waals surface area contributed by atoms with Gasteiger partial charge in [0, 0.05) is 36.4 Å². The number of hydrogen-bond acceptors (Lipinski definition) is 5. The van der Waals surface area contributed by atoms with Crippen LogP contribution in [0.4, 0.5) is 0 Å². The summed E-state index contributed by atoms with van der Waals surface area (Å²) in [5.41, 5.74) is -1.12. The van der Waals surface area contributed by atoms with Crippen LogP contribution < -0.4 is 4.72 Å². The molecule has 1 unspecified atom stereocenters. The van der Waals surface area contributed by atoms with Gasteiger partial charge in [-0.2, -0.15) is 0 Å². The molecule has 18 heavy (non-hydrogen) atoms. The number of pyridine rings is 1. The van der Waals surface area contributed by atoms with E-state index in [4.69, 9.17) is 4.74 Å². The van der Waals surface area contributed by atoms with E-state index in [2.05, 4.69) is 25.6 Å². The van der Waals surface area contributed by atoms with Gasteiger partial charge in [-0.3, -0.25) is 4.98 Å². The van der Waals surface area contributed by atoms with Crippen molar-refractivity contribution in [3.05, 3.63) is 22.9 Å². The van der Waals surface area contributed by atoms with Gasteiger partial charge < -0.3 is 9.84 Å². The van der Waals surface area contributed by atoms with Gasteiger partial charge >= 0.3 is 0 Å². The van der Waals surface area contributed by atoms with E-state index in [1.165, 1.54) is 18.5 Å². The maximum Gasteiger partial charge on any atom is 0.242 e. The maximum absolute atomic E-state index is 12.0. The molecule has 2 heterocycles. The van der Waals surface area contributed by atoms with E-state index in [0.29, 0.717) is 17.5 Å². The van der Waals surface area contributed by atoms with Gasteiger partial charge in [0.25, 0.3) is 0 Å². The third-order valence-corrected chi connectivity index (χ3v) is 4.47. The highest BCUT2D eigenvalue weighted by Gasteiger charge is 2.33. The standard InChI is InChI=1S/C10H13BrN2O4S/c11-8-3-9(5-12-4-8)18(15,16)13-6-10(14)1-2-17-7-10/h3-5,13-14H,1-2,6-7H2. The van der Waals surface area contributed by atoms with Crippen LogP contribution in [0.25, 0.3) is 0 Å². The number of hydrogen-bond donors (Lipinski definition) is 2. The third-order valence-electron chi connectivity index (χ3n) is 2.66. The summed E-state index contributed by atoms with van der Waals surface area (Å²) < 4.78 is 31.9. The van der Waals surface area contributed by atoms with Crippen molar-refractivity contribution in [3.63, 3.8) is 0 Å². The molecule has 1 aromatic heterocycles. The molecular weight excluding hydrogens is 324 g/mol. The predicted molar refractivity (Wildman–Crippen MR) is 67.5 cm³/mol. The number of rotatable bonds is 4. The number of nitrogens with one attached hydrogen (secondary N) is 1. The fourth-order valence-corrected chi connectivity index (χ4v) is 3.21. The fraction of sp³-hybridized carbons (Fsp3) is 0.500. The highest BCUT2D eigenvalue weighted by Crippen LogP contribution is 2.19. The van der Waals surface area contributed by atoms with E-state index in [-0.39, 0.29) is 18.0 Å². The number of nitrogens with zero attached hydrogens (tertiary/aromatic N) is 1. The number of aromatic nitrogens is 1. The Balaban J connectivity index is 2.08. The minimum Gasteiger partial charge on any atom is -0.386 e. The zero-order chi connectivity index (χ0) is 13.2. The normalized spacial score (nSPS) is 24.3. The Kier molecular flexibility index (Phi) is 4.02. The quantitative estimate of drug-likeness (QED) is 0.824. The smallest absolute Gasteiger partial charge is 0.242 e. The highest BCUT2D eigenvalue weighted by atomic mass is 79.9. The van der Waals surface area contributed by atoms with Gasteiger partial charge in [-0.05, 0) is 22.0 Å². The van der Waals surface area contributed by atoms with Crippen LogP contribution in [0.1, 0.15) is 6.42 Å². The molecule has 1 saturated heterocycles. The van der Waals surface area contributed by atoms with Gasteiger partial charge in [0.1, 0.15) is 10.5 Å². The summed E-state index contributed by atoms with van der Waals surface area (Å²) in [6.45, 7) is 0.519. The zero-order valence-corrected chi connectivity index (χ0v) is 11.9. The van der Waals surface area contributed by atoms with E-state index >= 15 is 0 Å². The summed E-state index contributed by atoms with van der Waals surface area (Å²) in [7, 11) is -3.67. The van der Waals surface area contributed by atoms with E-state index in [1.807, 2.05) is 0 Å². The van der Waals surface area contributed by atoms with E-state index < -0.39 is 15.6 Å². The number of halogens is 1. The molecule has 8 heteroatoms. The number of sulfonamides is 1. The van der Waals surface area contributed by atoms with Gasteiger partial charge in [-0.15, -0.1) is 0 Å². The first kappa shape index (κ1) is 13.9. The summed E-state index contributed by atoms with van der Waals surface area (Å²) in [6, 6.07) is 1.45. The molecule has 0 radical (unpaired) electrons. The van der Waals surface area contributed by atoms with Gasteiger partial charge in [0.2, 0.25) is 10.0 Å². The SMILES string of the molecule is O=S(=O)(NCC1(O)CCOC1)c1cncc(Br)c1. The molecular formula is C10H13BrN2O4S. The van der Waals surface area contributed by atoms with Gasteiger partial charge in [0.15, 0.2) is 0 Å². The van der Waals surface area contributed by atoms with Crippen molar-refractivity contribution in [1.29, 1.82) is 0 Å². The van der Waals surface area contributed by atoms with Crippen molar-refractivity contribution in [2.75, 3.05) is 19.8 Å². The predicted octanol–water partition coefficient (Wildman–Crippen LogP) is 0.274. The highest BCUT2D eigenvalue weighted by molar-refractivity contribution is 9.10. The van der Waals surface area contributed by atoms with Crippen molar-refractivity contribution >= 4 is 26.0 Å². The topological polar surface area (TPSA) is 88.5 Å². The van der Waals surface area contributed by atoms with Crippen molar-refractivity contribution in [1.82, 2.24) is 9.71 Å². The Labute approximate surface area is 114 Å². The van der Waals surface area contributed by atoms with Crippen LogP contribution in [-0.2, 0) is 14.8 Å². The summed E-state index contributed by atoms with van der Waals surface area (Å²) in [5.74, 6) is 0. The lowest BCUT2D eigenvalue weighted by Gasteiger charge is -2.20. The minimum atomic E-state index is -3.67. The molecule has 0 aromatic carbocycles. The second-order valence-electron chi connectivity index (χ2n) is 4.19. The molecule has 100 valence electrons. The van der Waals surface area contributed by atoms with Gasteiger partial charge in [-0.25, -0.2) is 13.1 Å². The van der Waals surface area contributed by atoms with Crippen LogP contribution in [0, 0.1) is 0 Å². The third kappa shape index (κ3) is 3.27. The fourth-order valence-electron chi connectivity index (χ4n) is 1.59. The number of aliphatic hydroxyl groups is 1. The van der Waals surface area contributed by atoms with Crippen molar-refractivity contribution < 1.29 is 18.3 Å². The molecule has 0 amide bonds. The molecule has 1 atom stereocenters. The molecule has 0 spiro atoms. The molecule has 1 aliphatic rings. The Bertz CT molecular complexity index is 528. The largest absolute Gasteiger partial charge is 0.386 e. The van der Waals surface area contributed by atoms with E-state index in [9.17, 15) is 13.5 Å². The lowest BCUT2D eigenvalue weighted by atomic mass is 10.1. The second kappa shape index (κ2) is 5.22. The molecule has 1 aliphatic heterocycles. The molecule has 1 fully saturated rings. The Morgan fingerprint density at radius 2 is 2.33 bits per heavy atom. The van der Waals surface area contributed by atoms with Crippen LogP contribution in [0.5, 0.6) is 0 Å². The van der Waals surface area contributed by atoms with Crippen molar-refractivity contribution in [3.8, 4) is 0 Å². The molecule has 6 nitrogen and oxygen atoms in total. The van der Waals surface area contributed by atoms with Crippen LogP contribution in [0.3, 0.4) is 0 Å². The Morgan fingerprint density at radius 1 is 1.56 bits per heavy atom. The molecule has 2 rings (SSSR count). The molecule has 0 bridgehead atoms. The van der Waals surface area contributed by atoms with Crippen LogP contribution >= 0.6 is 15.9 Å². The molecule has 2 N–H and O–H groups in total. The molecule has 0 saturated carbocycles. The monoisotopic (exact) mass is 336 g/mol. The Morgan fingerprint density at radius 3 is 2.94 bits per heavy atom. The second-order valence-corrected chi connectivity index (χ2v) is 6.87. The van der Waals surface area contributed by atoms with E-state index in [0.717, 1.165) is 0 Å². The first-order valence-corrected chi connectivity index (χ1v) is 7.59. The van der Waals surface area contributed by atoms with Crippen molar-refractivity contribution in [2.45, 2.75) is 16.9 Å². The lowest BCUT2D eigenvalue weighted by molar-refractivity contribution is 0.0314. The summed E-state index contributed by atoms with van der Waals surface area (Å²) in [6.07, 6.45) is 3.17. The summed E-state index contributed by atoms with van der Waals surface area (Å²) in [5, 5.41) is 9.98. The lowest BCUT2D eigenvalue weighted by Crippen LogP contribution is -2.43. The first-order valence-electron chi connectivity index (χ1n) is 5.32. The Hall–Kier alpha value is -0.540. The zero-order valence-electron chi connectivity index (χ0n) is 9.47. The maximum atomic E-state index is 12.0.